The topological polar surface area (TPSA) is 26.3 Å². The molecule has 0 aromatic heterocycles. The van der Waals surface area contributed by atoms with Crippen LogP contribution in [0.15, 0.2) is 0 Å². The van der Waals surface area contributed by atoms with E-state index < -0.39 is 0 Å². The fourth-order valence-corrected chi connectivity index (χ4v) is 0.315. The van der Waals surface area contributed by atoms with Gasteiger partial charge in [0.15, 0.2) is 0 Å². The largest absolute Gasteiger partial charge is 0.785 e. The molecule has 38 valence electrons. The van der Waals surface area contributed by atoms with Gasteiger partial charge in [-0.1, -0.05) is 6.92 Å². The van der Waals surface area contributed by atoms with Gasteiger partial charge in [-0.3, -0.25) is 0 Å². The summed E-state index contributed by atoms with van der Waals surface area (Å²) in [7, 11) is 1.53. The molecule has 0 aliphatic carbocycles. The maximum atomic E-state index is 9.96. The molecule has 2 nitrogen and oxygen atoms in total. The van der Waals surface area contributed by atoms with Crippen molar-refractivity contribution in [3.8, 4) is 0 Å². The van der Waals surface area contributed by atoms with E-state index >= 15 is 0 Å². The molecule has 0 aromatic carbocycles. The normalized spacial score (nSPS) is 10.0. The van der Waals surface area contributed by atoms with Crippen LogP contribution < -0.4 is 0 Å². The predicted molar refractivity (Wildman–Crippen MR) is 26.3 cm³/mol. The molecule has 0 unspecified atom stereocenters. The van der Waals surface area contributed by atoms with Crippen LogP contribution in [-0.4, -0.2) is 18.7 Å². The monoisotopic (exact) mass is 88.1 g/mol. The highest BCUT2D eigenvalue weighted by atomic mass is 16.5. The van der Waals surface area contributed by atoms with E-state index in [9.17, 15) is 5.21 Å². The van der Waals surface area contributed by atoms with Crippen molar-refractivity contribution in [3.63, 3.8) is 0 Å². The van der Waals surface area contributed by atoms with Crippen LogP contribution in [0, 0.1) is 5.21 Å². The van der Waals surface area contributed by atoms with Crippen molar-refractivity contribution >= 4 is 0 Å². The van der Waals surface area contributed by atoms with Crippen LogP contribution >= 0.6 is 0 Å². The van der Waals surface area contributed by atoms with Crippen LogP contribution in [-0.2, 0) is 0 Å². The first-order chi connectivity index (χ1) is 2.77. The molecule has 0 aliphatic rings. The lowest BCUT2D eigenvalue weighted by Crippen LogP contribution is -2.08. The number of hydrogen-bond donors (Lipinski definition) is 0. The molecular weight excluding hydrogens is 78.0 g/mol. The van der Waals surface area contributed by atoms with Crippen LogP contribution in [0.3, 0.4) is 0 Å². The second-order valence-corrected chi connectivity index (χ2v) is 1.35. The average molecular weight is 88.1 g/mol. The lowest BCUT2D eigenvalue weighted by Gasteiger charge is -2.19. The molecule has 0 N–H and O–H groups in total. The summed E-state index contributed by atoms with van der Waals surface area (Å²) in [6, 6.07) is 0. The fourth-order valence-electron chi connectivity index (χ4n) is 0.315. The molecule has 0 fully saturated rings. The number of rotatable bonds is 2. The Kier molecular flexibility index (Phi) is 3.08. The lowest BCUT2D eigenvalue weighted by atomic mass is 10.5. The highest BCUT2D eigenvalue weighted by molar-refractivity contribution is 4.43. The maximum absolute atomic E-state index is 9.96. The summed E-state index contributed by atoms with van der Waals surface area (Å²) in [6.45, 7) is 2.63. The summed E-state index contributed by atoms with van der Waals surface area (Å²) in [6.07, 6.45) is 0.944. The Morgan fingerprint density at radius 3 is 2.17 bits per heavy atom. The SMILES string of the molecule is CCCN(C)[O-]. The first-order valence-corrected chi connectivity index (χ1v) is 2.15. The first kappa shape index (κ1) is 5.92. The number of hydroxylamine groups is 2. The quantitative estimate of drug-likeness (QED) is 0.467. The molecule has 0 spiro atoms. The second kappa shape index (κ2) is 3.12. The number of nitrogens with zero attached hydrogens (tertiary/aromatic N) is 1. The Morgan fingerprint density at radius 2 is 2.17 bits per heavy atom. The second-order valence-electron chi connectivity index (χ2n) is 1.35. The van der Waals surface area contributed by atoms with Crippen LogP contribution in [0.4, 0.5) is 0 Å². The summed E-state index contributed by atoms with van der Waals surface area (Å²) in [5, 5.41) is 10.9. The van der Waals surface area contributed by atoms with Crippen LogP contribution in [0.2, 0.25) is 0 Å². The van der Waals surface area contributed by atoms with Crippen molar-refractivity contribution in [2.24, 2.45) is 0 Å². The molecule has 0 saturated carbocycles. The van der Waals surface area contributed by atoms with Gasteiger partial charge < -0.3 is 10.3 Å². The molecule has 0 bridgehead atoms. The molecule has 0 saturated heterocycles. The van der Waals surface area contributed by atoms with Crippen molar-refractivity contribution in [2.45, 2.75) is 13.3 Å². The molecule has 0 amide bonds. The van der Waals surface area contributed by atoms with Gasteiger partial charge in [-0.2, -0.15) is 0 Å². The number of hydrogen-bond acceptors (Lipinski definition) is 2. The van der Waals surface area contributed by atoms with Gasteiger partial charge in [0.1, 0.15) is 0 Å². The Hall–Kier alpha value is -0.0800. The molecule has 2 heteroatoms. The predicted octanol–water partition coefficient (Wildman–Crippen LogP) is 0.826. The third-order valence-corrected chi connectivity index (χ3v) is 0.539. The summed E-state index contributed by atoms with van der Waals surface area (Å²) in [4.78, 5) is 0. The molecule has 0 radical (unpaired) electrons. The molecule has 0 heterocycles. The Morgan fingerprint density at radius 1 is 1.67 bits per heavy atom. The lowest BCUT2D eigenvalue weighted by molar-refractivity contribution is 0.457. The molecule has 0 rings (SSSR count). The summed E-state index contributed by atoms with van der Waals surface area (Å²) in [5.74, 6) is 0. The van der Waals surface area contributed by atoms with Gasteiger partial charge in [0, 0.05) is 0 Å². The first-order valence-electron chi connectivity index (χ1n) is 2.15. The van der Waals surface area contributed by atoms with E-state index in [2.05, 4.69) is 0 Å². The minimum absolute atomic E-state index is 0.653. The smallest absolute Gasteiger partial charge is 0.0149 e. The maximum Gasteiger partial charge on any atom is -0.0149 e. The van der Waals surface area contributed by atoms with Crippen molar-refractivity contribution in [2.75, 3.05) is 13.6 Å². The van der Waals surface area contributed by atoms with Crippen LogP contribution in [0.5, 0.6) is 0 Å². The van der Waals surface area contributed by atoms with Gasteiger partial charge in [0.2, 0.25) is 0 Å². The zero-order valence-corrected chi connectivity index (χ0v) is 4.27. The van der Waals surface area contributed by atoms with Gasteiger partial charge in [-0.05, 0) is 20.0 Å². The fraction of sp³-hybridized carbons (Fsp3) is 1.00. The summed E-state index contributed by atoms with van der Waals surface area (Å²) in [5.41, 5.74) is 0. The van der Waals surface area contributed by atoms with Gasteiger partial charge in [0.05, 0.1) is 0 Å². The van der Waals surface area contributed by atoms with Crippen molar-refractivity contribution in [1.82, 2.24) is 5.06 Å². The van der Waals surface area contributed by atoms with Gasteiger partial charge in [-0.25, -0.2) is 0 Å². The molecule has 0 aromatic rings. The molecule has 0 atom stereocenters. The third kappa shape index (κ3) is 3.92. The molecule has 6 heavy (non-hydrogen) atoms. The third-order valence-electron chi connectivity index (χ3n) is 0.539. The van der Waals surface area contributed by atoms with Crippen molar-refractivity contribution in [1.29, 1.82) is 0 Å². The van der Waals surface area contributed by atoms with E-state index in [0.29, 0.717) is 6.54 Å². The van der Waals surface area contributed by atoms with Crippen molar-refractivity contribution < 1.29 is 0 Å². The van der Waals surface area contributed by atoms with E-state index in [0.717, 1.165) is 11.5 Å². The zero-order valence-electron chi connectivity index (χ0n) is 4.27. The minimum atomic E-state index is 0.653. The summed E-state index contributed by atoms with van der Waals surface area (Å²) < 4.78 is 0. The van der Waals surface area contributed by atoms with E-state index in [1.165, 1.54) is 7.05 Å². The molecule has 0 aliphatic heterocycles. The standard InChI is InChI=1S/C4H10NO/c1-3-4-5(2)6/h3-4H2,1-2H3/q-1. The molecular formula is C4H10NO-. The zero-order chi connectivity index (χ0) is 4.99. The van der Waals surface area contributed by atoms with Gasteiger partial charge in [0.25, 0.3) is 0 Å². The Balaban J connectivity index is 2.63. The Labute approximate surface area is 38.3 Å². The van der Waals surface area contributed by atoms with Crippen LogP contribution in [0.25, 0.3) is 0 Å². The van der Waals surface area contributed by atoms with E-state index in [1.54, 1.807) is 0 Å². The van der Waals surface area contributed by atoms with E-state index in [-0.39, 0.29) is 0 Å². The highest BCUT2D eigenvalue weighted by Gasteiger charge is 1.71. The van der Waals surface area contributed by atoms with Crippen LogP contribution in [0.1, 0.15) is 13.3 Å². The summed E-state index contributed by atoms with van der Waals surface area (Å²) >= 11 is 0. The Bertz CT molecular complexity index is 28.7. The van der Waals surface area contributed by atoms with E-state index in [1.807, 2.05) is 6.92 Å². The van der Waals surface area contributed by atoms with Gasteiger partial charge >= 0.3 is 0 Å². The average Bonchev–Trinajstić information content (AvgIpc) is 1.35. The van der Waals surface area contributed by atoms with Gasteiger partial charge in [-0.15, -0.1) is 0 Å². The highest BCUT2D eigenvalue weighted by Crippen LogP contribution is 1.78. The minimum Gasteiger partial charge on any atom is -0.785 e. The van der Waals surface area contributed by atoms with Crippen molar-refractivity contribution in [3.05, 3.63) is 5.21 Å². The van der Waals surface area contributed by atoms with E-state index in [4.69, 9.17) is 0 Å².